The molecule has 2 fully saturated rings. The van der Waals surface area contributed by atoms with E-state index in [4.69, 9.17) is 4.74 Å². The van der Waals surface area contributed by atoms with Crippen molar-refractivity contribution in [2.45, 2.75) is 19.1 Å². The Labute approximate surface area is 106 Å². The van der Waals surface area contributed by atoms with Crippen LogP contribution >= 0.6 is 0 Å². The number of carbonyl (C=O) groups excluding carboxylic acids is 1. The van der Waals surface area contributed by atoms with E-state index in [-0.39, 0.29) is 24.7 Å². The normalized spacial score (nSPS) is 27.6. The first-order valence-electron chi connectivity index (χ1n) is 6.07. The number of nitrogens with zero attached hydrogens (tertiary/aromatic N) is 4. The predicted octanol–water partition coefficient (Wildman–Crippen LogP) is -0.169. The average molecular weight is 248 g/mol. The van der Waals surface area contributed by atoms with Gasteiger partial charge in [-0.05, 0) is 13.0 Å². The van der Waals surface area contributed by atoms with Crippen molar-refractivity contribution in [1.29, 1.82) is 0 Å². The Morgan fingerprint density at radius 2 is 2.28 bits per heavy atom. The molecule has 96 valence electrons. The summed E-state index contributed by atoms with van der Waals surface area (Å²) in [5, 5.41) is 0. The van der Waals surface area contributed by atoms with Gasteiger partial charge in [-0.2, -0.15) is 0 Å². The quantitative estimate of drug-likeness (QED) is 0.690. The molecule has 3 rings (SSSR count). The van der Waals surface area contributed by atoms with Gasteiger partial charge in [-0.3, -0.25) is 4.79 Å². The zero-order valence-electron chi connectivity index (χ0n) is 10.5. The van der Waals surface area contributed by atoms with Crippen LogP contribution < -0.4 is 4.90 Å². The van der Waals surface area contributed by atoms with E-state index in [2.05, 4.69) is 14.9 Å². The molecule has 6 nitrogen and oxygen atoms in total. The van der Waals surface area contributed by atoms with Gasteiger partial charge in [-0.1, -0.05) is 0 Å². The number of aryl methyl sites for hydroxylation is 1. The minimum atomic E-state index is 0.0447. The highest BCUT2D eigenvalue weighted by Crippen LogP contribution is 2.24. The fourth-order valence-corrected chi connectivity index (χ4v) is 2.51. The molecule has 0 bridgehead atoms. The highest BCUT2D eigenvalue weighted by atomic mass is 16.5. The predicted molar refractivity (Wildman–Crippen MR) is 65.3 cm³/mol. The number of anilines is 1. The number of likely N-dealkylation sites (N-methyl/N-ethyl adjacent to an activating group) is 1. The van der Waals surface area contributed by atoms with Crippen LogP contribution in [0, 0.1) is 6.92 Å². The molecule has 0 saturated carbocycles. The van der Waals surface area contributed by atoms with E-state index in [9.17, 15) is 4.79 Å². The van der Waals surface area contributed by atoms with E-state index in [1.807, 2.05) is 20.0 Å². The number of carbonyl (C=O) groups is 1. The largest absolute Gasteiger partial charge is 0.364 e. The zero-order valence-corrected chi connectivity index (χ0v) is 10.5. The average Bonchev–Trinajstić information content (AvgIpc) is 2.79. The lowest BCUT2D eigenvalue weighted by Gasteiger charge is -2.33. The van der Waals surface area contributed by atoms with Gasteiger partial charge < -0.3 is 14.5 Å². The van der Waals surface area contributed by atoms with Crippen molar-refractivity contribution in [2.24, 2.45) is 0 Å². The van der Waals surface area contributed by atoms with Crippen molar-refractivity contribution < 1.29 is 9.53 Å². The van der Waals surface area contributed by atoms with E-state index in [1.54, 1.807) is 11.1 Å². The van der Waals surface area contributed by atoms with Crippen LogP contribution in [-0.2, 0) is 9.53 Å². The van der Waals surface area contributed by atoms with Crippen molar-refractivity contribution in [3.63, 3.8) is 0 Å². The molecule has 3 heterocycles. The fraction of sp³-hybridized carbons (Fsp3) is 0.583. The SMILES string of the molecule is Cc1ccnc(N2CC3OCC(=O)N(C)C3C2)n1. The number of amides is 1. The molecule has 2 saturated heterocycles. The van der Waals surface area contributed by atoms with Crippen LogP contribution in [0.2, 0.25) is 0 Å². The summed E-state index contributed by atoms with van der Waals surface area (Å²) in [5.41, 5.74) is 0.945. The summed E-state index contributed by atoms with van der Waals surface area (Å²) in [5.74, 6) is 0.761. The molecule has 2 aliphatic rings. The molecule has 18 heavy (non-hydrogen) atoms. The lowest BCUT2D eigenvalue weighted by atomic mass is 10.1. The summed E-state index contributed by atoms with van der Waals surface area (Å²) in [6, 6.07) is 1.98. The van der Waals surface area contributed by atoms with Gasteiger partial charge in [0.15, 0.2) is 0 Å². The highest BCUT2D eigenvalue weighted by Gasteiger charge is 2.42. The van der Waals surface area contributed by atoms with E-state index in [0.29, 0.717) is 5.95 Å². The molecule has 1 aromatic rings. The summed E-state index contributed by atoms with van der Waals surface area (Å²) in [7, 11) is 1.84. The molecule has 6 heteroatoms. The smallest absolute Gasteiger partial charge is 0.248 e. The first-order chi connectivity index (χ1) is 8.65. The van der Waals surface area contributed by atoms with Crippen molar-refractivity contribution in [2.75, 3.05) is 31.6 Å². The van der Waals surface area contributed by atoms with Gasteiger partial charge in [-0.15, -0.1) is 0 Å². The molecule has 2 aliphatic heterocycles. The number of hydrogen-bond donors (Lipinski definition) is 0. The molecule has 0 spiro atoms. The third kappa shape index (κ3) is 1.82. The Morgan fingerprint density at radius 1 is 1.44 bits per heavy atom. The first-order valence-corrected chi connectivity index (χ1v) is 6.07. The Kier molecular flexibility index (Phi) is 2.66. The summed E-state index contributed by atoms with van der Waals surface area (Å²) in [6.07, 6.45) is 1.83. The van der Waals surface area contributed by atoms with Gasteiger partial charge in [0.05, 0.1) is 12.1 Å². The zero-order chi connectivity index (χ0) is 12.7. The lowest BCUT2D eigenvalue weighted by molar-refractivity contribution is -0.150. The number of fused-ring (bicyclic) bond motifs is 1. The van der Waals surface area contributed by atoms with E-state index >= 15 is 0 Å². The van der Waals surface area contributed by atoms with Crippen molar-refractivity contribution >= 4 is 11.9 Å². The summed E-state index contributed by atoms with van der Waals surface area (Å²) < 4.78 is 5.58. The minimum Gasteiger partial charge on any atom is -0.364 e. The van der Waals surface area contributed by atoms with Gasteiger partial charge in [0.25, 0.3) is 0 Å². The standard InChI is InChI=1S/C12H16N4O2/c1-8-3-4-13-12(14-8)16-5-9-10(6-16)18-7-11(17)15(9)2/h3-4,9-10H,5-7H2,1-2H3. The monoisotopic (exact) mass is 248 g/mol. The van der Waals surface area contributed by atoms with Crippen LogP contribution in [0.4, 0.5) is 5.95 Å². The topological polar surface area (TPSA) is 58.6 Å². The van der Waals surface area contributed by atoms with Crippen LogP contribution in [-0.4, -0.2) is 59.7 Å². The number of aromatic nitrogens is 2. The number of hydrogen-bond acceptors (Lipinski definition) is 5. The Hall–Kier alpha value is -1.69. The molecule has 0 aliphatic carbocycles. The van der Waals surface area contributed by atoms with Crippen LogP contribution in [0.1, 0.15) is 5.69 Å². The molecular weight excluding hydrogens is 232 g/mol. The summed E-state index contributed by atoms with van der Waals surface area (Å²) in [6.45, 7) is 3.60. The minimum absolute atomic E-state index is 0.0447. The molecule has 2 atom stereocenters. The van der Waals surface area contributed by atoms with Gasteiger partial charge in [0, 0.05) is 32.0 Å². The van der Waals surface area contributed by atoms with Crippen molar-refractivity contribution in [1.82, 2.24) is 14.9 Å². The van der Waals surface area contributed by atoms with Crippen LogP contribution in [0.3, 0.4) is 0 Å². The Balaban J connectivity index is 1.80. The second-order valence-electron chi connectivity index (χ2n) is 4.82. The van der Waals surface area contributed by atoms with Gasteiger partial charge in [-0.25, -0.2) is 9.97 Å². The highest BCUT2D eigenvalue weighted by molar-refractivity contribution is 5.78. The second kappa shape index (κ2) is 4.20. The third-order valence-corrected chi connectivity index (χ3v) is 3.61. The summed E-state index contributed by atoms with van der Waals surface area (Å²) >= 11 is 0. The van der Waals surface area contributed by atoms with Crippen molar-refractivity contribution in [3.05, 3.63) is 18.0 Å². The molecule has 0 radical (unpaired) electrons. The summed E-state index contributed by atoms with van der Waals surface area (Å²) in [4.78, 5) is 24.1. The van der Waals surface area contributed by atoms with E-state index in [0.717, 1.165) is 18.8 Å². The maximum Gasteiger partial charge on any atom is 0.248 e. The van der Waals surface area contributed by atoms with Gasteiger partial charge in [0.1, 0.15) is 6.61 Å². The third-order valence-electron chi connectivity index (χ3n) is 3.61. The second-order valence-corrected chi connectivity index (χ2v) is 4.82. The number of morpholine rings is 1. The van der Waals surface area contributed by atoms with E-state index < -0.39 is 0 Å². The molecule has 1 amide bonds. The fourth-order valence-electron chi connectivity index (χ4n) is 2.51. The first kappa shape index (κ1) is 11.4. The molecular formula is C12H16N4O2. The van der Waals surface area contributed by atoms with Gasteiger partial charge >= 0.3 is 0 Å². The molecule has 2 unspecified atom stereocenters. The Morgan fingerprint density at radius 3 is 3.06 bits per heavy atom. The van der Waals surface area contributed by atoms with Crippen molar-refractivity contribution in [3.8, 4) is 0 Å². The Bertz CT molecular complexity index is 479. The maximum absolute atomic E-state index is 11.6. The van der Waals surface area contributed by atoms with Crippen LogP contribution in [0.25, 0.3) is 0 Å². The molecule has 0 N–H and O–H groups in total. The maximum atomic E-state index is 11.6. The van der Waals surface area contributed by atoms with Crippen LogP contribution in [0.15, 0.2) is 12.3 Å². The number of rotatable bonds is 1. The number of ether oxygens (including phenoxy) is 1. The lowest BCUT2D eigenvalue weighted by Crippen LogP contribution is -2.51. The molecule has 0 aromatic carbocycles. The van der Waals surface area contributed by atoms with Gasteiger partial charge in [0.2, 0.25) is 11.9 Å². The van der Waals surface area contributed by atoms with Crippen LogP contribution in [0.5, 0.6) is 0 Å². The molecule has 1 aromatic heterocycles. The van der Waals surface area contributed by atoms with E-state index in [1.165, 1.54) is 0 Å².